The molecule has 8 heteroatoms. The lowest BCUT2D eigenvalue weighted by atomic mass is 9.81. The molecule has 1 amide bonds. The maximum Gasteiger partial charge on any atom is 0.408 e. The summed E-state index contributed by atoms with van der Waals surface area (Å²) in [4.78, 5) is 26.6. The summed E-state index contributed by atoms with van der Waals surface area (Å²) in [6, 6.07) is 16.2. The molecule has 3 aliphatic rings. The zero-order chi connectivity index (χ0) is 24.4. The number of nitrogens with zero attached hydrogens (tertiary/aromatic N) is 1. The fourth-order valence-corrected chi connectivity index (χ4v) is 6.07. The van der Waals surface area contributed by atoms with Gasteiger partial charge in [0, 0.05) is 18.4 Å². The van der Waals surface area contributed by atoms with Crippen LogP contribution in [0.5, 0.6) is 0 Å². The highest BCUT2D eigenvalue weighted by Crippen LogP contribution is 2.35. The minimum absolute atomic E-state index is 0.109. The van der Waals surface area contributed by atoms with Gasteiger partial charge in [-0.15, -0.1) is 11.3 Å². The summed E-state index contributed by atoms with van der Waals surface area (Å²) < 4.78 is 33.9. The SMILES string of the molecule is O=C(N[C@H]1C[N+]2(CC(=O)c3cccs3)CCC1CC2)OC(c1ccccc1)c1ccc(F)c(F)c1. The van der Waals surface area contributed by atoms with Crippen molar-refractivity contribution in [2.45, 2.75) is 25.0 Å². The van der Waals surface area contributed by atoms with Crippen LogP contribution in [0.1, 0.15) is 39.7 Å². The Morgan fingerprint density at radius 1 is 1.00 bits per heavy atom. The number of amides is 1. The van der Waals surface area contributed by atoms with Crippen molar-refractivity contribution in [3.8, 4) is 0 Å². The molecule has 2 aromatic carbocycles. The number of hydrogen-bond donors (Lipinski definition) is 1. The second kappa shape index (κ2) is 9.87. The number of benzene rings is 2. The Morgan fingerprint density at radius 3 is 2.46 bits per heavy atom. The van der Waals surface area contributed by atoms with Crippen LogP contribution in [0.2, 0.25) is 0 Å². The second-order valence-electron chi connectivity index (χ2n) is 9.49. The van der Waals surface area contributed by atoms with Gasteiger partial charge in [-0.25, -0.2) is 13.6 Å². The van der Waals surface area contributed by atoms with E-state index in [2.05, 4.69) is 5.32 Å². The van der Waals surface area contributed by atoms with Crippen molar-refractivity contribution in [1.82, 2.24) is 5.32 Å². The van der Waals surface area contributed by atoms with Crippen LogP contribution in [0, 0.1) is 17.6 Å². The van der Waals surface area contributed by atoms with Gasteiger partial charge < -0.3 is 14.5 Å². The van der Waals surface area contributed by atoms with Gasteiger partial charge >= 0.3 is 6.09 Å². The second-order valence-corrected chi connectivity index (χ2v) is 10.4. The number of quaternary nitrogens is 1. The number of piperidine rings is 3. The van der Waals surface area contributed by atoms with E-state index in [1.54, 1.807) is 24.3 Å². The molecule has 3 saturated heterocycles. The minimum atomic E-state index is -0.994. The minimum Gasteiger partial charge on any atom is -0.436 e. The number of alkyl carbamates (subject to hydrolysis) is 1. The fourth-order valence-electron chi connectivity index (χ4n) is 5.42. The van der Waals surface area contributed by atoms with E-state index in [0.717, 1.165) is 42.9 Å². The van der Waals surface area contributed by atoms with Crippen molar-refractivity contribution < 1.29 is 27.6 Å². The number of fused-ring (bicyclic) bond motifs is 3. The third-order valence-corrected chi connectivity index (χ3v) is 8.16. The first-order valence-corrected chi connectivity index (χ1v) is 12.7. The predicted molar refractivity (Wildman–Crippen MR) is 129 cm³/mol. The van der Waals surface area contributed by atoms with Gasteiger partial charge in [0.25, 0.3) is 0 Å². The first-order valence-electron chi connectivity index (χ1n) is 11.8. The van der Waals surface area contributed by atoms with Gasteiger partial charge in [0.05, 0.1) is 30.6 Å². The van der Waals surface area contributed by atoms with Crippen molar-refractivity contribution in [3.05, 3.63) is 93.7 Å². The number of rotatable bonds is 7. The highest BCUT2D eigenvalue weighted by molar-refractivity contribution is 7.12. The molecule has 3 aromatic rings. The Kier molecular flexibility index (Phi) is 6.67. The largest absolute Gasteiger partial charge is 0.436 e. The number of carbonyl (C=O) groups excluding carboxylic acids is 2. The summed E-state index contributed by atoms with van der Waals surface area (Å²) >= 11 is 1.46. The Hall–Kier alpha value is -3.10. The van der Waals surface area contributed by atoms with Gasteiger partial charge in [0.2, 0.25) is 5.78 Å². The Labute approximate surface area is 206 Å². The van der Waals surface area contributed by atoms with Crippen molar-refractivity contribution in [1.29, 1.82) is 0 Å². The lowest BCUT2D eigenvalue weighted by molar-refractivity contribution is -0.936. The third-order valence-electron chi connectivity index (χ3n) is 7.25. The van der Waals surface area contributed by atoms with Gasteiger partial charge in [-0.1, -0.05) is 42.5 Å². The van der Waals surface area contributed by atoms with Crippen molar-refractivity contribution in [2.24, 2.45) is 5.92 Å². The van der Waals surface area contributed by atoms with Gasteiger partial charge in [-0.3, -0.25) is 4.79 Å². The molecule has 3 aliphatic heterocycles. The molecule has 3 fully saturated rings. The standard InChI is InChI=1S/C27H26F2N2O3S/c28-21-9-8-20(15-22(21)29)26(19-5-2-1-3-6-19)34-27(33)30-23-16-31(12-10-18(23)11-13-31)17-24(32)25-7-4-14-35-25/h1-9,14-15,18,23,26H,10-13,16-17H2/p+1/t18?,23-,26?,31?/m0/s1. The molecular formula is C27H27F2N2O3S+. The number of nitrogens with one attached hydrogen (secondary N) is 1. The monoisotopic (exact) mass is 497 g/mol. The Bertz CT molecular complexity index is 1190. The molecule has 2 atom stereocenters. The molecule has 6 rings (SSSR count). The van der Waals surface area contributed by atoms with E-state index in [1.807, 2.05) is 23.6 Å². The van der Waals surface area contributed by atoms with Crippen LogP contribution in [0.3, 0.4) is 0 Å². The average molecular weight is 498 g/mol. The summed E-state index contributed by atoms with van der Waals surface area (Å²) in [5.41, 5.74) is 1.01. The number of halogens is 2. The summed E-state index contributed by atoms with van der Waals surface area (Å²) in [6.07, 6.45) is 0.392. The number of hydrogen-bond acceptors (Lipinski definition) is 4. The molecule has 1 unspecified atom stereocenters. The van der Waals surface area contributed by atoms with Gasteiger partial charge in [0.15, 0.2) is 17.7 Å². The average Bonchev–Trinajstić information content (AvgIpc) is 3.41. The number of ether oxygens (including phenoxy) is 1. The van der Waals surface area contributed by atoms with Crippen LogP contribution >= 0.6 is 11.3 Å². The Morgan fingerprint density at radius 2 is 1.77 bits per heavy atom. The maximum absolute atomic E-state index is 14.0. The number of Topliss-reactive ketones (excluding diaryl/α,β-unsaturated/α-hetero) is 1. The van der Waals surface area contributed by atoms with Gasteiger partial charge in [0.1, 0.15) is 6.54 Å². The summed E-state index contributed by atoms with van der Waals surface area (Å²) in [5.74, 6) is -1.47. The molecule has 182 valence electrons. The zero-order valence-corrected chi connectivity index (χ0v) is 20.0. The van der Waals surface area contributed by atoms with Crippen molar-refractivity contribution >= 4 is 23.2 Å². The molecule has 0 saturated carbocycles. The highest BCUT2D eigenvalue weighted by atomic mass is 32.1. The van der Waals surface area contributed by atoms with E-state index in [1.165, 1.54) is 17.4 Å². The molecule has 1 N–H and O–H groups in total. The van der Waals surface area contributed by atoms with Gasteiger partial charge in [-0.05, 0) is 35.1 Å². The third kappa shape index (κ3) is 5.13. The number of ketones is 1. The first-order chi connectivity index (χ1) is 16.9. The molecule has 2 bridgehead atoms. The molecular weight excluding hydrogens is 470 g/mol. The molecule has 1 aromatic heterocycles. The van der Waals surface area contributed by atoms with Gasteiger partial charge in [-0.2, -0.15) is 0 Å². The van der Waals surface area contributed by atoms with E-state index in [4.69, 9.17) is 4.74 Å². The molecule has 35 heavy (non-hydrogen) atoms. The normalized spacial score (nSPS) is 24.1. The van der Waals surface area contributed by atoms with Crippen LogP contribution in [0.15, 0.2) is 66.0 Å². The topological polar surface area (TPSA) is 55.4 Å². The van der Waals surface area contributed by atoms with Crippen LogP contribution in [-0.4, -0.2) is 48.6 Å². The molecule has 0 radical (unpaired) electrons. The van der Waals surface area contributed by atoms with E-state index in [-0.39, 0.29) is 11.8 Å². The zero-order valence-electron chi connectivity index (χ0n) is 19.2. The fraction of sp³-hybridized carbons (Fsp3) is 0.333. The Balaban J connectivity index is 1.30. The maximum atomic E-state index is 14.0. The van der Waals surface area contributed by atoms with E-state index >= 15 is 0 Å². The van der Waals surface area contributed by atoms with E-state index in [9.17, 15) is 18.4 Å². The lowest BCUT2D eigenvalue weighted by Gasteiger charge is -2.52. The van der Waals surface area contributed by atoms with Crippen molar-refractivity contribution in [3.63, 3.8) is 0 Å². The van der Waals surface area contributed by atoms with Crippen LogP contribution in [0.4, 0.5) is 13.6 Å². The molecule has 0 spiro atoms. The summed E-state index contributed by atoms with van der Waals surface area (Å²) in [6.45, 7) is 2.97. The molecule has 5 nitrogen and oxygen atoms in total. The smallest absolute Gasteiger partial charge is 0.408 e. The van der Waals surface area contributed by atoms with E-state index in [0.29, 0.717) is 34.6 Å². The van der Waals surface area contributed by atoms with E-state index < -0.39 is 23.8 Å². The van der Waals surface area contributed by atoms with Crippen LogP contribution in [0.25, 0.3) is 0 Å². The lowest BCUT2D eigenvalue weighted by Crippen LogP contribution is -2.68. The molecule has 0 aliphatic carbocycles. The predicted octanol–water partition coefficient (Wildman–Crippen LogP) is 5.33. The highest BCUT2D eigenvalue weighted by Gasteiger charge is 2.47. The summed E-state index contributed by atoms with van der Waals surface area (Å²) in [7, 11) is 0. The van der Waals surface area contributed by atoms with Crippen molar-refractivity contribution in [2.75, 3.05) is 26.2 Å². The van der Waals surface area contributed by atoms with Crippen LogP contribution in [-0.2, 0) is 4.74 Å². The first kappa shape index (κ1) is 23.6. The molecule has 4 heterocycles. The van der Waals surface area contributed by atoms with Crippen LogP contribution < -0.4 is 5.32 Å². The number of carbonyl (C=O) groups is 2. The summed E-state index contributed by atoms with van der Waals surface area (Å²) in [5, 5.41) is 4.93. The quantitative estimate of drug-likeness (QED) is 0.355. The number of thiophene rings is 1.